The molecule has 0 saturated heterocycles. The molecule has 16 heavy (non-hydrogen) atoms. The fraction of sp³-hybridized carbons (Fsp3) is 0.364. The zero-order valence-corrected chi connectivity index (χ0v) is 9.02. The van der Waals surface area contributed by atoms with Crippen molar-refractivity contribution in [1.82, 2.24) is 0 Å². The van der Waals surface area contributed by atoms with Crippen LogP contribution in [0.4, 0.5) is 0 Å². The zero-order chi connectivity index (χ0) is 11.7. The number of carboxylic acid groups (broad SMARTS) is 1. The highest BCUT2D eigenvalue weighted by Gasteiger charge is 2.31. The summed E-state index contributed by atoms with van der Waals surface area (Å²) in [6.07, 6.45) is 0. The van der Waals surface area contributed by atoms with Crippen LogP contribution in [0.5, 0.6) is 17.2 Å². The molecule has 0 radical (unpaired) electrons. The van der Waals surface area contributed by atoms with Crippen molar-refractivity contribution in [2.24, 2.45) is 0 Å². The molecule has 0 amide bonds. The molecule has 1 unspecified atom stereocenters. The van der Waals surface area contributed by atoms with Crippen molar-refractivity contribution < 1.29 is 24.1 Å². The molecule has 0 spiro atoms. The average Bonchev–Trinajstić information content (AvgIpc) is 2.69. The summed E-state index contributed by atoms with van der Waals surface area (Å²) >= 11 is 0. The third-order valence-electron chi connectivity index (χ3n) is 2.59. The molecule has 1 atom stereocenters. The summed E-state index contributed by atoms with van der Waals surface area (Å²) < 4.78 is 15.5. The molecule has 1 aliphatic heterocycles. The first-order chi connectivity index (χ1) is 7.67. The van der Waals surface area contributed by atoms with E-state index in [0.29, 0.717) is 22.8 Å². The van der Waals surface area contributed by atoms with Gasteiger partial charge < -0.3 is 19.3 Å². The summed E-state index contributed by atoms with van der Waals surface area (Å²) in [5.41, 5.74) is 0.630. The predicted molar refractivity (Wildman–Crippen MR) is 55.4 cm³/mol. The molecule has 0 saturated carbocycles. The monoisotopic (exact) mass is 224 g/mol. The number of carbonyl (C=O) groups is 1. The van der Waals surface area contributed by atoms with Crippen LogP contribution in [0.25, 0.3) is 0 Å². The molecule has 2 rings (SSSR count). The number of aliphatic carboxylic acids is 1. The Hall–Kier alpha value is -1.91. The molecule has 5 heteroatoms. The van der Waals surface area contributed by atoms with Crippen LogP contribution in [-0.4, -0.2) is 31.9 Å². The van der Waals surface area contributed by atoms with Gasteiger partial charge in [0.25, 0.3) is 0 Å². The predicted octanol–water partition coefficient (Wildman–Crippen LogP) is 1.26. The van der Waals surface area contributed by atoms with Crippen LogP contribution in [0.3, 0.4) is 0 Å². The molecule has 0 aliphatic carbocycles. The van der Waals surface area contributed by atoms with E-state index in [1.165, 1.54) is 14.2 Å². The maximum atomic E-state index is 11.0. The standard InChI is InChI=1S/C11H12O5/c1-14-9-3-6-7(11(12)13)5-16-8(6)4-10(9)15-2/h3-4,7H,5H2,1-2H3,(H,12,13). The number of methoxy groups -OCH3 is 2. The number of hydrogen-bond donors (Lipinski definition) is 1. The lowest BCUT2D eigenvalue weighted by Crippen LogP contribution is -2.12. The van der Waals surface area contributed by atoms with E-state index in [9.17, 15) is 4.79 Å². The van der Waals surface area contributed by atoms with Crippen molar-refractivity contribution >= 4 is 5.97 Å². The largest absolute Gasteiger partial charge is 0.493 e. The van der Waals surface area contributed by atoms with E-state index in [1.807, 2.05) is 0 Å². The molecule has 1 aromatic carbocycles. The third kappa shape index (κ3) is 1.54. The van der Waals surface area contributed by atoms with E-state index in [0.717, 1.165) is 0 Å². The van der Waals surface area contributed by atoms with Gasteiger partial charge in [0.05, 0.1) is 14.2 Å². The fourth-order valence-corrected chi connectivity index (χ4v) is 1.74. The smallest absolute Gasteiger partial charge is 0.314 e. The van der Waals surface area contributed by atoms with Crippen LogP contribution in [0.1, 0.15) is 11.5 Å². The lowest BCUT2D eigenvalue weighted by Gasteiger charge is -2.10. The zero-order valence-electron chi connectivity index (χ0n) is 9.02. The molecule has 1 aliphatic rings. The maximum absolute atomic E-state index is 11.0. The molecule has 86 valence electrons. The van der Waals surface area contributed by atoms with Crippen LogP contribution in [-0.2, 0) is 4.79 Å². The second-order valence-electron chi connectivity index (χ2n) is 3.45. The highest BCUT2D eigenvalue weighted by atomic mass is 16.5. The van der Waals surface area contributed by atoms with E-state index < -0.39 is 11.9 Å². The molecule has 5 nitrogen and oxygen atoms in total. The maximum Gasteiger partial charge on any atom is 0.314 e. The Morgan fingerprint density at radius 1 is 1.38 bits per heavy atom. The molecule has 0 bridgehead atoms. The van der Waals surface area contributed by atoms with Gasteiger partial charge in [-0.1, -0.05) is 0 Å². The van der Waals surface area contributed by atoms with Crippen molar-refractivity contribution in [3.8, 4) is 17.2 Å². The number of fused-ring (bicyclic) bond motifs is 1. The van der Waals surface area contributed by atoms with Crippen molar-refractivity contribution in [3.63, 3.8) is 0 Å². The lowest BCUT2D eigenvalue weighted by atomic mass is 10.0. The minimum Gasteiger partial charge on any atom is -0.493 e. The van der Waals surface area contributed by atoms with Crippen LogP contribution in [0, 0.1) is 0 Å². The summed E-state index contributed by atoms with van der Waals surface area (Å²) in [5, 5.41) is 9.00. The van der Waals surface area contributed by atoms with Gasteiger partial charge in [0.2, 0.25) is 0 Å². The first-order valence-corrected chi connectivity index (χ1v) is 4.79. The number of hydrogen-bond acceptors (Lipinski definition) is 4. The second-order valence-corrected chi connectivity index (χ2v) is 3.45. The SMILES string of the molecule is COc1cc2c(cc1OC)C(C(=O)O)CO2. The van der Waals surface area contributed by atoms with Gasteiger partial charge in [0, 0.05) is 11.6 Å². The summed E-state index contributed by atoms with van der Waals surface area (Å²) in [6.45, 7) is 0.154. The first kappa shape index (κ1) is 10.6. The molecule has 1 aromatic rings. The van der Waals surface area contributed by atoms with E-state index in [2.05, 4.69) is 0 Å². The van der Waals surface area contributed by atoms with E-state index in [1.54, 1.807) is 12.1 Å². The molecule has 0 fully saturated rings. The van der Waals surface area contributed by atoms with Gasteiger partial charge in [0.1, 0.15) is 18.3 Å². The Balaban J connectivity index is 2.48. The number of benzene rings is 1. The second kappa shape index (κ2) is 3.92. The molecular formula is C11H12O5. The summed E-state index contributed by atoms with van der Waals surface area (Å²) in [4.78, 5) is 11.0. The minimum absolute atomic E-state index is 0.154. The van der Waals surface area contributed by atoms with Gasteiger partial charge in [-0.15, -0.1) is 0 Å². The van der Waals surface area contributed by atoms with Gasteiger partial charge >= 0.3 is 5.97 Å². The number of carboxylic acids is 1. The topological polar surface area (TPSA) is 65.0 Å². The highest BCUT2D eigenvalue weighted by Crippen LogP contribution is 2.41. The van der Waals surface area contributed by atoms with E-state index in [4.69, 9.17) is 19.3 Å². The Labute approximate surface area is 92.5 Å². The van der Waals surface area contributed by atoms with Gasteiger partial charge in [-0.25, -0.2) is 0 Å². The third-order valence-corrected chi connectivity index (χ3v) is 2.59. The van der Waals surface area contributed by atoms with Crippen LogP contribution in [0.2, 0.25) is 0 Å². The highest BCUT2D eigenvalue weighted by molar-refractivity contribution is 5.79. The van der Waals surface area contributed by atoms with Gasteiger partial charge in [-0.3, -0.25) is 4.79 Å². The van der Waals surface area contributed by atoms with Crippen LogP contribution >= 0.6 is 0 Å². The molecule has 1 heterocycles. The summed E-state index contributed by atoms with van der Waals surface area (Å²) in [6, 6.07) is 3.30. The number of rotatable bonds is 3. The fourth-order valence-electron chi connectivity index (χ4n) is 1.74. The average molecular weight is 224 g/mol. The first-order valence-electron chi connectivity index (χ1n) is 4.79. The van der Waals surface area contributed by atoms with E-state index >= 15 is 0 Å². The van der Waals surface area contributed by atoms with Gasteiger partial charge in [-0.2, -0.15) is 0 Å². The Bertz CT molecular complexity index is 427. The van der Waals surface area contributed by atoms with Crippen molar-refractivity contribution in [3.05, 3.63) is 17.7 Å². The summed E-state index contributed by atoms with van der Waals surface area (Å²) in [7, 11) is 3.03. The number of ether oxygens (including phenoxy) is 3. The van der Waals surface area contributed by atoms with Crippen molar-refractivity contribution in [2.75, 3.05) is 20.8 Å². The van der Waals surface area contributed by atoms with Crippen LogP contribution in [0.15, 0.2) is 12.1 Å². The van der Waals surface area contributed by atoms with Gasteiger partial charge in [-0.05, 0) is 6.07 Å². The minimum atomic E-state index is -0.897. The van der Waals surface area contributed by atoms with Gasteiger partial charge in [0.15, 0.2) is 11.5 Å². The summed E-state index contributed by atoms with van der Waals surface area (Å²) in [5.74, 6) is 0.0658. The molecule has 1 N–H and O–H groups in total. The van der Waals surface area contributed by atoms with Crippen molar-refractivity contribution in [1.29, 1.82) is 0 Å². The molecule has 0 aromatic heterocycles. The Morgan fingerprint density at radius 2 is 2.00 bits per heavy atom. The van der Waals surface area contributed by atoms with Crippen LogP contribution < -0.4 is 14.2 Å². The molecular weight excluding hydrogens is 212 g/mol. The van der Waals surface area contributed by atoms with Crippen molar-refractivity contribution in [2.45, 2.75) is 5.92 Å². The normalized spacial score (nSPS) is 17.5. The Morgan fingerprint density at radius 3 is 2.56 bits per heavy atom. The van der Waals surface area contributed by atoms with E-state index in [-0.39, 0.29) is 6.61 Å². The quantitative estimate of drug-likeness (QED) is 0.837. The lowest BCUT2D eigenvalue weighted by molar-refractivity contribution is -0.138. The Kier molecular flexibility index (Phi) is 2.60.